The van der Waals surface area contributed by atoms with Crippen LogP contribution in [0.5, 0.6) is 11.5 Å². The van der Waals surface area contributed by atoms with Crippen molar-refractivity contribution in [3.63, 3.8) is 0 Å². The average Bonchev–Trinajstić information content (AvgIpc) is 2.77. The summed E-state index contributed by atoms with van der Waals surface area (Å²) < 4.78 is 10.4. The number of oxime groups is 1. The summed E-state index contributed by atoms with van der Waals surface area (Å²) in [6, 6.07) is 15.4. The maximum atomic E-state index is 12.3. The maximum absolute atomic E-state index is 12.3. The number of hydrogen-bond acceptors (Lipinski definition) is 6. The predicted octanol–water partition coefficient (Wildman–Crippen LogP) is 2.40. The summed E-state index contributed by atoms with van der Waals surface area (Å²) >= 11 is 0. The largest absolute Gasteiger partial charge is 0.497 e. The molecule has 1 aliphatic heterocycles. The van der Waals surface area contributed by atoms with Gasteiger partial charge in [0.2, 0.25) is 0 Å². The molecule has 1 aliphatic rings. The maximum Gasteiger partial charge on any atom is 0.263 e. The van der Waals surface area contributed by atoms with Crippen LogP contribution in [0.4, 0.5) is 5.69 Å². The number of carbonyl (C=O) groups is 1. The van der Waals surface area contributed by atoms with Gasteiger partial charge in [0.1, 0.15) is 11.5 Å². The third kappa shape index (κ3) is 5.16. The van der Waals surface area contributed by atoms with E-state index in [0.29, 0.717) is 13.1 Å². The molecule has 3 rings (SSSR count). The van der Waals surface area contributed by atoms with Gasteiger partial charge in [-0.2, -0.15) is 0 Å². The molecule has 0 spiro atoms. The Kier molecular flexibility index (Phi) is 6.73. The van der Waals surface area contributed by atoms with E-state index in [0.717, 1.165) is 35.8 Å². The summed E-state index contributed by atoms with van der Waals surface area (Å²) in [5.74, 6) is 1.55. The molecule has 1 saturated heterocycles. The molecule has 1 fully saturated rings. The van der Waals surface area contributed by atoms with Crippen LogP contribution in [0.1, 0.15) is 5.56 Å². The lowest BCUT2D eigenvalue weighted by Crippen LogP contribution is -2.49. The molecule has 7 nitrogen and oxygen atoms in total. The molecule has 0 saturated carbocycles. The standard InChI is InChI=1S/C21H25N3O4/c1-26-19-8-6-17(7-9-19)15-22-28-16-21(25)24-12-10-23(11-13-24)18-4-3-5-20(14-18)27-2/h3-9,14-15H,10-13,16H2,1-2H3/b22-15-. The zero-order valence-electron chi connectivity index (χ0n) is 16.2. The van der Waals surface area contributed by atoms with Crippen LogP contribution in [-0.2, 0) is 9.63 Å². The Labute approximate surface area is 165 Å². The molecular weight excluding hydrogens is 358 g/mol. The number of rotatable bonds is 7. The normalized spacial score (nSPS) is 14.2. The van der Waals surface area contributed by atoms with Gasteiger partial charge in [0.25, 0.3) is 5.91 Å². The van der Waals surface area contributed by atoms with Crippen LogP contribution in [0.3, 0.4) is 0 Å². The number of hydrogen-bond donors (Lipinski definition) is 0. The summed E-state index contributed by atoms with van der Waals surface area (Å²) in [6.07, 6.45) is 1.58. The molecule has 0 bridgehead atoms. The first-order chi connectivity index (χ1) is 13.7. The second kappa shape index (κ2) is 9.64. The number of ether oxygens (including phenoxy) is 2. The number of carbonyl (C=O) groups excluding carboxylic acids is 1. The molecule has 148 valence electrons. The minimum absolute atomic E-state index is 0.0582. The third-order valence-corrected chi connectivity index (χ3v) is 4.63. The zero-order valence-corrected chi connectivity index (χ0v) is 16.2. The Morgan fingerprint density at radius 1 is 1.00 bits per heavy atom. The molecule has 1 amide bonds. The van der Waals surface area contributed by atoms with Gasteiger partial charge in [-0.25, -0.2) is 0 Å². The lowest BCUT2D eigenvalue weighted by atomic mass is 10.2. The van der Waals surface area contributed by atoms with Gasteiger partial charge < -0.3 is 24.1 Å². The molecule has 0 aromatic heterocycles. The van der Waals surface area contributed by atoms with Gasteiger partial charge in [-0.3, -0.25) is 4.79 Å². The molecule has 7 heteroatoms. The second-order valence-electron chi connectivity index (χ2n) is 6.35. The van der Waals surface area contributed by atoms with E-state index in [1.165, 1.54) is 0 Å². The lowest BCUT2D eigenvalue weighted by molar-refractivity contribution is -0.136. The van der Waals surface area contributed by atoms with E-state index in [-0.39, 0.29) is 12.5 Å². The summed E-state index contributed by atoms with van der Waals surface area (Å²) in [7, 11) is 3.28. The highest BCUT2D eigenvalue weighted by Gasteiger charge is 2.21. The van der Waals surface area contributed by atoms with Crippen molar-refractivity contribution in [1.82, 2.24) is 4.90 Å². The van der Waals surface area contributed by atoms with E-state index in [2.05, 4.69) is 16.1 Å². The van der Waals surface area contributed by atoms with Crippen molar-refractivity contribution < 1.29 is 19.1 Å². The molecule has 0 atom stereocenters. The number of amides is 1. The van der Waals surface area contributed by atoms with E-state index in [1.54, 1.807) is 25.3 Å². The fourth-order valence-corrected chi connectivity index (χ4v) is 2.99. The van der Waals surface area contributed by atoms with Crippen LogP contribution in [0.15, 0.2) is 53.7 Å². The molecule has 0 N–H and O–H groups in total. The molecule has 28 heavy (non-hydrogen) atoms. The van der Waals surface area contributed by atoms with Crippen molar-refractivity contribution in [2.24, 2.45) is 5.16 Å². The number of nitrogens with zero attached hydrogens (tertiary/aromatic N) is 3. The first-order valence-corrected chi connectivity index (χ1v) is 9.16. The van der Waals surface area contributed by atoms with Gasteiger partial charge in [0.15, 0.2) is 6.61 Å². The SMILES string of the molecule is COc1ccc(/C=N\OCC(=O)N2CCN(c3cccc(OC)c3)CC2)cc1. The Hall–Kier alpha value is -3.22. The van der Waals surface area contributed by atoms with Crippen molar-refractivity contribution >= 4 is 17.8 Å². The Bertz CT molecular complexity index is 800. The monoisotopic (exact) mass is 383 g/mol. The Balaban J connectivity index is 1.42. The van der Waals surface area contributed by atoms with Gasteiger partial charge >= 0.3 is 0 Å². The quantitative estimate of drug-likeness (QED) is 0.543. The van der Waals surface area contributed by atoms with Crippen molar-refractivity contribution in [3.05, 3.63) is 54.1 Å². The first-order valence-electron chi connectivity index (χ1n) is 9.16. The topological polar surface area (TPSA) is 63.6 Å². The molecule has 0 aliphatic carbocycles. The molecule has 2 aromatic rings. The highest BCUT2D eigenvalue weighted by atomic mass is 16.6. The highest BCUT2D eigenvalue weighted by molar-refractivity contribution is 5.80. The molecule has 2 aromatic carbocycles. The number of benzene rings is 2. The summed E-state index contributed by atoms with van der Waals surface area (Å²) in [5.41, 5.74) is 1.98. The summed E-state index contributed by atoms with van der Waals surface area (Å²) in [4.78, 5) is 21.5. The van der Waals surface area contributed by atoms with Crippen LogP contribution in [-0.4, -0.2) is 64.0 Å². The van der Waals surface area contributed by atoms with Crippen molar-refractivity contribution in [1.29, 1.82) is 0 Å². The van der Waals surface area contributed by atoms with E-state index >= 15 is 0 Å². The van der Waals surface area contributed by atoms with Crippen LogP contribution >= 0.6 is 0 Å². The van der Waals surface area contributed by atoms with Crippen molar-refractivity contribution in [2.75, 3.05) is 51.9 Å². The Morgan fingerprint density at radius 3 is 2.39 bits per heavy atom. The third-order valence-electron chi connectivity index (χ3n) is 4.63. The fraction of sp³-hybridized carbons (Fsp3) is 0.333. The molecule has 0 unspecified atom stereocenters. The van der Waals surface area contributed by atoms with Gasteiger partial charge in [-0.15, -0.1) is 0 Å². The van der Waals surface area contributed by atoms with E-state index in [1.807, 2.05) is 42.5 Å². The average molecular weight is 383 g/mol. The van der Waals surface area contributed by atoms with Gasteiger partial charge in [0, 0.05) is 37.9 Å². The fourth-order valence-electron chi connectivity index (χ4n) is 2.99. The zero-order chi connectivity index (χ0) is 19.8. The van der Waals surface area contributed by atoms with E-state index < -0.39 is 0 Å². The second-order valence-corrected chi connectivity index (χ2v) is 6.35. The van der Waals surface area contributed by atoms with Crippen LogP contribution in [0.25, 0.3) is 0 Å². The lowest BCUT2D eigenvalue weighted by Gasteiger charge is -2.36. The highest BCUT2D eigenvalue weighted by Crippen LogP contribution is 2.22. The summed E-state index contributed by atoms with van der Waals surface area (Å²) in [5, 5.41) is 3.88. The van der Waals surface area contributed by atoms with Crippen molar-refractivity contribution in [3.8, 4) is 11.5 Å². The number of anilines is 1. The number of methoxy groups -OCH3 is 2. The molecule has 1 heterocycles. The molecular formula is C21H25N3O4. The predicted molar refractivity (Wildman–Crippen MR) is 108 cm³/mol. The van der Waals surface area contributed by atoms with Crippen LogP contribution in [0.2, 0.25) is 0 Å². The number of piperazine rings is 1. The van der Waals surface area contributed by atoms with Crippen molar-refractivity contribution in [2.45, 2.75) is 0 Å². The minimum Gasteiger partial charge on any atom is -0.497 e. The van der Waals surface area contributed by atoms with Gasteiger partial charge in [-0.05, 0) is 42.0 Å². The summed E-state index contributed by atoms with van der Waals surface area (Å²) in [6.45, 7) is 2.79. The van der Waals surface area contributed by atoms with E-state index in [9.17, 15) is 4.79 Å². The van der Waals surface area contributed by atoms with Gasteiger partial charge in [0.05, 0.1) is 20.4 Å². The Morgan fingerprint density at radius 2 is 1.71 bits per heavy atom. The molecule has 0 radical (unpaired) electrons. The first kappa shape index (κ1) is 19.5. The van der Waals surface area contributed by atoms with Gasteiger partial charge in [-0.1, -0.05) is 11.2 Å². The van der Waals surface area contributed by atoms with Crippen LogP contribution in [0, 0.1) is 0 Å². The minimum atomic E-state index is -0.0637. The van der Waals surface area contributed by atoms with Crippen LogP contribution < -0.4 is 14.4 Å². The van der Waals surface area contributed by atoms with E-state index in [4.69, 9.17) is 14.3 Å². The smallest absolute Gasteiger partial charge is 0.263 e.